The SMILES string of the molecule is CC(NC(=O)C1(N)CCOCC1)c1c(F)cccc1F. The maximum atomic E-state index is 13.6. The van der Waals surface area contributed by atoms with Crippen LogP contribution in [-0.4, -0.2) is 24.7 Å². The number of rotatable bonds is 3. The van der Waals surface area contributed by atoms with Gasteiger partial charge in [0.25, 0.3) is 0 Å². The van der Waals surface area contributed by atoms with Crippen molar-refractivity contribution in [2.45, 2.75) is 31.3 Å². The zero-order chi connectivity index (χ0) is 14.8. The Kier molecular flexibility index (Phi) is 4.35. The molecule has 4 nitrogen and oxygen atoms in total. The number of ether oxygens (including phenoxy) is 1. The first kappa shape index (κ1) is 14.9. The van der Waals surface area contributed by atoms with Gasteiger partial charge in [0.1, 0.15) is 11.6 Å². The first-order valence-corrected chi connectivity index (χ1v) is 6.55. The van der Waals surface area contributed by atoms with E-state index in [1.807, 2.05) is 0 Å². The highest BCUT2D eigenvalue weighted by Crippen LogP contribution is 2.23. The van der Waals surface area contributed by atoms with Crippen LogP contribution < -0.4 is 11.1 Å². The summed E-state index contributed by atoms with van der Waals surface area (Å²) in [6.45, 7) is 2.35. The van der Waals surface area contributed by atoms with E-state index in [4.69, 9.17) is 10.5 Å². The summed E-state index contributed by atoms with van der Waals surface area (Å²) in [4.78, 5) is 12.2. The molecule has 1 aromatic rings. The zero-order valence-corrected chi connectivity index (χ0v) is 11.3. The van der Waals surface area contributed by atoms with Gasteiger partial charge in [0.15, 0.2) is 0 Å². The summed E-state index contributed by atoms with van der Waals surface area (Å²) in [5, 5.41) is 2.59. The van der Waals surface area contributed by atoms with Crippen molar-refractivity contribution >= 4 is 5.91 Å². The molecule has 1 fully saturated rings. The fourth-order valence-electron chi connectivity index (χ4n) is 2.30. The fraction of sp³-hybridized carbons (Fsp3) is 0.500. The molecule has 1 aliphatic heterocycles. The Bertz CT molecular complexity index is 482. The average Bonchev–Trinajstić information content (AvgIpc) is 2.39. The van der Waals surface area contributed by atoms with Crippen LogP contribution in [-0.2, 0) is 9.53 Å². The Balaban J connectivity index is 2.11. The van der Waals surface area contributed by atoms with Crippen molar-refractivity contribution in [2.75, 3.05) is 13.2 Å². The molecule has 0 aliphatic carbocycles. The van der Waals surface area contributed by atoms with E-state index in [1.165, 1.54) is 13.0 Å². The van der Waals surface area contributed by atoms with Crippen LogP contribution in [0.5, 0.6) is 0 Å². The lowest BCUT2D eigenvalue weighted by atomic mass is 9.90. The van der Waals surface area contributed by atoms with Crippen LogP contribution >= 0.6 is 0 Å². The van der Waals surface area contributed by atoms with E-state index in [9.17, 15) is 13.6 Å². The Labute approximate surface area is 116 Å². The van der Waals surface area contributed by atoms with Gasteiger partial charge in [-0.05, 0) is 31.9 Å². The fourth-order valence-corrected chi connectivity index (χ4v) is 2.30. The second kappa shape index (κ2) is 5.85. The Morgan fingerprint density at radius 1 is 1.35 bits per heavy atom. The van der Waals surface area contributed by atoms with Crippen molar-refractivity contribution in [2.24, 2.45) is 5.73 Å². The molecule has 1 aromatic carbocycles. The lowest BCUT2D eigenvalue weighted by Gasteiger charge is -2.33. The third-order valence-corrected chi connectivity index (χ3v) is 3.62. The van der Waals surface area contributed by atoms with Crippen LogP contribution in [0.1, 0.15) is 31.4 Å². The molecule has 1 amide bonds. The van der Waals surface area contributed by atoms with Crippen LogP contribution in [0.25, 0.3) is 0 Å². The minimum atomic E-state index is -1.03. The van der Waals surface area contributed by atoms with Gasteiger partial charge in [-0.15, -0.1) is 0 Å². The molecule has 110 valence electrons. The summed E-state index contributed by atoms with van der Waals surface area (Å²) in [5.74, 6) is -1.78. The van der Waals surface area contributed by atoms with E-state index in [0.29, 0.717) is 26.1 Å². The largest absolute Gasteiger partial charge is 0.381 e. The van der Waals surface area contributed by atoms with E-state index >= 15 is 0 Å². The highest BCUT2D eigenvalue weighted by Gasteiger charge is 2.36. The van der Waals surface area contributed by atoms with E-state index in [2.05, 4.69) is 5.32 Å². The van der Waals surface area contributed by atoms with Gasteiger partial charge in [-0.1, -0.05) is 6.07 Å². The molecule has 3 N–H and O–H groups in total. The molecule has 0 aromatic heterocycles. The first-order chi connectivity index (χ1) is 9.44. The van der Waals surface area contributed by atoms with Crippen LogP contribution in [0.4, 0.5) is 8.78 Å². The van der Waals surface area contributed by atoms with Crippen LogP contribution in [0.2, 0.25) is 0 Å². The van der Waals surface area contributed by atoms with E-state index in [-0.39, 0.29) is 5.56 Å². The normalized spacial score (nSPS) is 19.4. The number of nitrogens with one attached hydrogen (secondary N) is 1. The van der Waals surface area contributed by atoms with Gasteiger partial charge in [-0.25, -0.2) is 8.78 Å². The Hall–Kier alpha value is -1.53. The molecule has 1 atom stereocenters. The maximum Gasteiger partial charge on any atom is 0.240 e. The van der Waals surface area contributed by atoms with E-state index in [1.54, 1.807) is 0 Å². The lowest BCUT2D eigenvalue weighted by Crippen LogP contribution is -2.57. The Morgan fingerprint density at radius 3 is 2.45 bits per heavy atom. The molecule has 6 heteroatoms. The van der Waals surface area contributed by atoms with E-state index < -0.39 is 29.1 Å². The molecule has 0 bridgehead atoms. The number of carbonyl (C=O) groups excluding carboxylic acids is 1. The number of carbonyl (C=O) groups is 1. The summed E-state index contributed by atoms with van der Waals surface area (Å²) in [5.41, 5.74) is 4.84. The summed E-state index contributed by atoms with van der Waals surface area (Å²) in [7, 11) is 0. The van der Waals surface area contributed by atoms with Crippen molar-refractivity contribution in [3.63, 3.8) is 0 Å². The zero-order valence-electron chi connectivity index (χ0n) is 11.3. The monoisotopic (exact) mass is 284 g/mol. The van der Waals surface area contributed by atoms with Gasteiger partial charge in [0, 0.05) is 18.8 Å². The quantitative estimate of drug-likeness (QED) is 0.887. The number of hydrogen-bond donors (Lipinski definition) is 2. The molecular weight excluding hydrogens is 266 g/mol. The predicted octanol–water partition coefficient (Wildman–Crippen LogP) is 1.65. The molecule has 0 radical (unpaired) electrons. The summed E-state index contributed by atoms with van der Waals surface area (Å²) in [6.07, 6.45) is 0.788. The van der Waals surface area contributed by atoms with Crippen LogP contribution in [0.3, 0.4) is 0 Å². The van der Waals surface area contributed by atoms with Gasteiger partial charge in [0.2, 0.25) is 5.91 Å². The highest BCUT2D eigenvalue weighted by atomic mass is 19.1. The topological polar surface area (TPSA) is 64.4 Å². The van der Waals surface area contributed by atoms with E-state index in [0.717, 1.165) is 12.1 Å². The summed E-state index contributed by atoms with van der Waals surface area (Å²) >= 11 is 0. The minimum absolute atomic E-state index is 0.156. The molecule has 0 saturated carbocycles. The van der Waals surface area contributed by atoms with Crippen LogP contribution in [0, 0.1) is 11.6 Å². The van der Waals surface area contributed by atoms with Crippen molar-refractivity contribution in [1.82, 2.24) is 5.32 Å². The molecule has 0 spiro atoms. The van der Waals surface area contributed by atoms with Crippen molar-refractivity contribution in [3.05, 3.63) is 35.4 Å². The molecule has 20 heavy (non-hydrogen) atoms. The number of nitrogens with two attached hydrogens (primary N) is 1. The van der Waals surface area contributed by atoms with Gasteiger partial charge in [-0.3, -0.25) is 4.79 Å². The standard InChI is InChI=1S/C14H18F2N2O2/c1-9(12-10(15)3-2-4-11(12)16)18-13(19)14(17)5-7-20-8-6-14/h2-4,9H,5-8,17H2,1H3,(H,18,19). The third-order valence-electron chi connectivity index (χ3n) is 3.62. The molecule has 2 rings (SSSR count). The summed E-state index contributed by atoms with van der Waals surface area (Å²) < 4.78 is 32.5. The smallest absolute Gasteiger partial charge is 0.240 e. The number of benzene rings is 1. The third kappa shape index (κ3) is 2.96. The molecule has 1 heterocycles. The van der Waals surface area contributed by atoms with Gasteiger partial charge >= 0.3 is 0 Å². The molecule has 1 unspecified atom stereocenters. The molecular formula is C14H18F2N2O2. The van der Waals surface area contributed by atoms with Gasteiger partial charge in [0.05, 0.1) is 11.6 Å². The predicted molar refractivity (Wildman–Crippen MR) is 69.9 cm³/mol. The van der Waals surface area contributed by atoms with Gasteiger partial charge in [-0.2, -0.15) is 0 Å². The van der Waals surface area contributed by atoms with Crippen molar-refractivity contribution in [3.8, 4) is 0 Å². The van der Waals surface area contributed by atoms with Crippen molar-refractivity contribution in [1.29, 1.82) is 0 Å². The van der Waals surface area contributed by atoms with Crippen LogP contribution in [0.15, 0.2) is 18.2 Å². The molecule has 1 saturated heterocycles. The lowest BCUT2D eigenvalue weighted by molar-refractivity contribution is -0.130. The second-order valence-corrected chi connectivity index (χ2v) is 5.10. The number of amides is 1. The van der Waals surface area contributed by atoms with Gasteiger partial charge < -0.3 is 15.8 Å². The highest BCUT2D eigenvalue weighted by molar-refractivity contribution is 5.86. The summed E-state index contributed by atoms with van der Waals surface area (Å²) in [6, 6.07) is 2.82. The average molecular weight is 284 g/mol. The molecule has 1 aliphatic rings. The van der Waals surface area contributed by atoms with Crippen molar-refractivity contribution < 1.29 is 18.3 Å². The number of halogens is 2. The second-order valence-electron chi connectivity index (χ2n) is 5.10. The Morgan fingerprint density at radius 2 is 1.90 bits per heavy atom. The maximum absolute atomic E-state index is 13.6. The first-order valence-electron chi connectivity index (χ1n) is 6.55. The number of hydrogen-bond acceptors (Lipinski definition) is 3. The minimum Gasteiger partial charge on any atom is -0.381 e.